The SMILES string of the molecule is CC(N)CCCC(C)CN(C)C(C)c1ccccc1Cl. The molecule has 0 aliphatic heterocycles. The van der Waals surface area contributed by atoms with E-state index in [0.717, 1.165) is 18.0 Å². The number of rotatable bonds is 8. The van der Waals surface area contributed by atoms with Gasteiger partial charge in [-0.25, -0.2) is 0 Å². The molecule has 0 bridgehead atoms. The summed E-state index contributed by atoms with van der Waals surface area (Å²) in [6, 6.07) is 8.78. The van der Waals surface area contributed by atoms with Crippen molar-refractivity contribution < 1.29 is 0 Å². The molecule has 0 aliphatic carbocycles. The number of halogens is 1. The van der Waals surface area contributed by atoms with Gasteiger partial charge in [-0.05, 0) is 51.3 Å². The summed E-state index contributed by atoms with van der Waals surface area (Å²) < 4.78 is 0. The predicted molar refractivity (Wildman–Crippen MR) is 89.2 cm³/mol. The average Bonchev–Trinajstić information content (AvgIpc) is 2.38. The summed E-state index contributed by atoms with van der Waals surface area (Å²) in [7, 11) is 2.18. The standard InChI is InChI=1S/C17H29ClN2/c1-13(8-7-9-14(2)19)12-20(4)15(3)16-10-5-6-11-17(16)18/h5-6,10-11,13-15H,7-9,12,19H2,1-4H3. The molecule has 2 nitrogen and oxygen atoms in total. The van der Waals surface area contributed by atoms with Gasteiger partial charge in [-0.2, -0.15) is 0 Å². The van der Waals surface area contributed by atoms with E-state index in [1.165, 1.54) is 18.4 Å². The normalized spacial score (nSPS) is 16.1. The lowest BCUT2D eigenvalue weighted by atomic mass is 10.00. The lowest BCUT2D eigenvalue weighted by molar-refractivity contribution is 0.219. The molecule has 3 atom stereocenters. The third kappa shape index (κ3) is 5.82. The fourth-order valence-electron chi connectivity index (χ4n) is 2.58. The first-order valence-corrected chi connectivity index (χ1v) is 7.99. The van der Waals surface area contributed by atoms with Crippen LogP contribution in [-0.4, -0.2) is 24.5 Å². The Morgan fingerprint density at radius 2 is 1.80 bits per heavy atom. The van der Waals surface area contributed by atoms with Crippen molar-refractivity contribution in [3.63, 3.8) is 0 Å². The highest BCUT2D eigenvalue weighted by Crippen LogP contribution is 2.27. The van der Waals surface area contributed by atoms with Crippen molar-refractivity contribution >= 4 is 11.6 Å². The smallest absolute Gasteiger partial charge is 0.0453 e. The summed E-state index contributed by atoms with van der Waals surface area (Å²) in [5.74, 6) is 0.684. The topological polar surface area (TPSA) is 29.3 Å². The first kappa shape index (κ1) is 17.5. The molecule has 0 saturated heterocycles. The van der Waals surface area contributed by atoms with Crippen molar-refractivity contribution in [3.8, 4) is 0 Å². The van der Waals surface area contributed by atoms with E-state index in [9.17, 15) is 0 Å². The summed E-state index contributed by atoms with van der Waals surface area (Å²) in [5, 5.41) is 0.858. The van der Waals surface area contributed by atoms with Gasteiger partial charge in [0.25, 0.3) is 0 Å². The Hall–Kier alpha value is -0.570. The number of hydrogen-bond acceptors (Lipinski definition) is 2. The van der Waals surface area contributed by atoms with Gasteiger partial charge >= 0.3 is 0 Å². The van der Waals surface area contributed by atoms with Crippen LogP contribution in [0.4, 0.5) is 0 Å². The summed E-state index contributed by atoms with van der Waals surface area (Å²) in [6.07, 6.45) is 3.57. The van der Waals surface area contributed by atoms with Crippen LogP contribution in [0.5, 0.6) is 0 Å². The first-order valence-electron chi connectivity index (χ1n) is 7.62. The zero-order chi connectivity index (χ0) is 15.1. The molecule has 2 N–H and O–H groups in total. The van der Waals surface area contributed by atoms with E-state index in [1.807, 2.05) is 12.1 Å². The summed E-state index contributed by atoms with van der Waals surface area (Å²) >= 11 is 6.28. The summed E-state index contributed by atoms with van der Waals surface area (Å²) in [5.41, 5.74) is 7.00. The highest BCUT2D eigenvalue weighted by Gasteiger charge is 2.16. The lowest BCUT2D eigenvalue weighted by Crippen LogP contribution is -2.28. The highest BCUT2D eigenvalue weighted by atomic mass is 35.5. The second kappa shape index (κ2) is 8.66. The predicted octanol–water partition coefficient (Wildman–Crippen LogP) is 4.49. The van der Waals surface area contributed by atoms with Crippen molar-refractivity contribution in [1.29, 1.82) is 0 Å². The van der Waals surface area contributed by atoms with Gasteiger partial charge in [0.1, 0.15) is 0 Å². The highest BCUT2D eigenvalue weighted by molar-refractivity contribution is 6.31. The Kier molecular flexibility index (Phi) is 7.57. The van der Waals surface area contributed by atoms with Gasteiger partial charge in [0, 0.05) is 23.7 Å². The minimum Gasteiger partial charge on any atom is -0.328 e. The van der Waals surface area contributed by atoms with Crippen LogP contribution >= 0.6 is 11.6 Å². The van der Waals surface area contributed by atoms with Crippen molar-refractivity contribution in [1.82, 2.24) is 4.90 Å². The minimum atomic E-state index is 0.321. The largest absolute Gasteiger partial charge is 0.328 e. The number of hydrogen-bond donors (Lipinski definition) is 1. The number of nitrogens with two attached hydrogens (primary N) is 1. The Balaban J connectivity index is 2.45. The molecule has 1 aromatic carbocycles. The van der Waals surface area contributed by atoms with E-state index in [1.54, 1.807) is 0 Å². The molecule has 0 fully saturated rings. The molecule has 0 amide bonds. The third-order valence-corrected chi connectivity index (χ3v) is 4.32. The zero-order valence-corrected chi connectivity index (χ0v) is 14.0. The van der Waals surface area contributed by atoms with Crippen LogP contribution in [0.3, 0.4) is 0 Å². The van der Waals surface area contributed by atoms with E-state index in [2.05, 4.69) is 44.9 Å². The van der Waals surface area contributed by atoms with Crippen LogP contribution < -0.4 is 5.73 Å². The third-order valence-electron chi connectivity index (χ3n) is 3.97. The van der Waals surface area contributed by atoms with Gasteiger partial charge in [0.2, 0.25) is 0 Å². The monoisotopic (exact) mass is 296 g/mol. The Morgan fingerprint density at radius 3 is 2.40 bits per heavy atom. The fraction of sp³-hybridized carbons (Fsp3) is 0.647. The van der Waals surface area contributed by atoms with Crippen LogP contribution in [0.15, 0.2) is 24.3 Å². The van der Waals surface area contributed by atoms with Gasteiger partial charge in [0.15, 0.2) is 0 Å². The second-order valence-corrected chi connectivity index (χ2v) is 6.56. The van der Waals surface area contributed by atoms with Crippen LogP contribution in [-0.2, 0) is 0 Å². The minimum absolute atomic E-state index is 0.321. The number of nitrogens with zero attached hydrogens (tertiary/aromatic N) is 1. The summed E-state index contributed by atoms with van der Waals surface area (Å²) in [4.78, 5) is 2.39. The molecule has 114 valence electrons. The van der Waals surface area contributed by atoms with E-state index < -0.39 is 0 Å². The molecule has 0 heterocycles. The molecule has 0 aromatic heterocycles. The van der Waals surface area contributed by atoms with Gasteiger partial charge in [0.05, 0.1) is 0 Å². The Bertz CT molecular complexity index is 392. The second-order valence-electron chi connectivity index (χ2n) is 6.15. The average molecular weight is 297 g/mol. The molecule has 3 heteroatoms. The maximum absolute atomic E-state index is 6.28. The number of benzene rings is 1. The molecule has 1 aromatic rings. The van der Waals surface area contributed by atoms with Crippen LogP contribution in [0, 0.1) is 5.92 Å². The van der Waals surface area contributed by atoms with E-state index >= 15 is 0 Å². The van der Waals surface area contributed by atoms with Gasteiger partial charge in [-0.3, -0.25) is 4.90 Å². The quantitative estimate of drug-likeness (QED) is 0.766. The molecular weight excluding hydrogens is 268 g/mol. The zero-order valence-electron chi connectivity index (χ0n) is 13.3. The van der Waals surface area contributed by atoms with Crippen LogP contribution in [0.2, 0.25) is 5.02 Å². The Labute approximate surface area is 129 Å². The van der Waals surface area contributed by atoms with Crippen molar-refractivity contribution in [2.24, 2.45) is 11.7 Å². The maximum atomic E-state index is 6.28. The fourth-order valence-corrected chi connectivity index (χ4v) is 2.87. The molecule has 1 rings (SSSR count). The Morgan fingerprint density at radius 1 is 1.15 bits per heavy atom. The lowest BCUT2D eigenvalue weighted by Gasteiger charge is -2.28. The van der Waals surface area contributed by atoms with Crippen molar-refractivity contribution in [2.45, 2.75) is 52.1 Å². The van der Waals surface area contributed by atoms with E-state index in [4.69, 9.17) is 17.3 Å². The molecular formula is C17H29ClN2. The van der Waals surface area contributed by atoms with Crippen LogP contribution in [0.25, 0.3) is 0 Å². The molecule has 0 aliphatic rings. The van der Waals surface area contributed by atoms with Crippen LogP contribution in [0.1, 0.15) is 51.6 Å². The van der Waals surface area contributed by atoms with E-state index in [0.29, 0.717) is 18.0 Å². The van der Waals surface area contributed by atoms with Gasteiger partial charge < -0.3 is 5.73 Å². The van der Waals surface area contributed by atoms with Gasteiger partial charge in [-0.15, -0.1) is 0 Å². The molecule has 0 radical (unpaired) electrons. The first-order chi connectivity index (χ1) is 9.41. The molecule has 0 spiro atoms. The van der Waals surface area contributed by atoms with Gasteiger partial charge in [-0.1, -0.05) is 43.1 Å². The molecule has 3 unspecified atom stereocenters. The summed E-state index contributed by atoms with van der Waals surface area (Å²) in [6.45, 7) is 7.70. The molecule has 20 heavy (non-hydrogen) atoms. The van der Waals surface area contributed by atoms with Crippen molar-refractivity contribution in [3.05, 3.63) is 34.9 Å². The molecule has 0 saturated carbocycles. The van der Waals surface area contributed by atoms with E-state index in [-0.39, 0.29) is 0 Å². The van der Waals surface area contributed by atoms with Crippen molar-refractivity contribution in [2.75, 3.05) is 13.6 Å². The maximum Gasteiger partial charge on any atom is 0.0453 e.